The van der Waals surface area contributed by atoms with Crippen molar-refractivity contribution in [1.29, 1.82) is 0 Å². The van der Waals surface area contributed by atoms with Crippen molar-refractivity contribution in [3.05, 3.63) is 243 Å². The first-order valence-corrected chi connectivity index (χ1v) is 21.6. The Labute approximate surface area is 360 Å². The highest BCUT2D eigenvalue weighted by Gasteiger charge is 2.25. The Morgan fingerprint density at radius 1 is 0.246 bits per heavy atom. The molecule has 61 heavy (non-hydrogen) atoms. The highest BCUT2D eigenvalue weighted by Crippen LogP contribution is 2.50. The van der Waals surface area contributed by atoms with E-state index < -0.39 is 0 Å². The number of rotatable bonds is 9. The van der Waals surface area contributed by atoms with E-state index >= 15 is 0 Å². The molecule has 0 radical (unpaired) electrons. The predicted octanol–water partition coefficient (Wildman–Crippen LogP) is 17.1. The van der Waals surface area contributed by atoms with Crippen molar-refractivity contribution in [3.8, 4) is 33.4 Å². The molecule has 0 unspecified atom stereocenters. The van der Waals surface area contributed by atoms with Crippen molar-refractivity contribution in [3.63, 3.8) is 0 Å². The molecule has 0 bridgehead atoms. The minimum absolute atomic E-state index is 1.07. The van der Waals surface area contributed by atoms with Crippen molar-refractivity contribution in [2.45, 2.75) is 0 Å². The van der Waals surface area contributed by atoms with Crippen LogP contribution >= 0.6 is 11.3 Å². The van der Waals surface area contributed by atoms with Crippen molar-refractivity contribution >= 4 is 76.4 Å². The molecule has 1 heterocycles. The van der Waals surface area contributed by atoms with E-state index in [-0.39, 0.29) is 0 Å². The molecule has 10 aromatic carbocycles. The first kappa shape index (κ1) is 36.4. The van der Waals surface area contributed by atoms with Crippen LogP contribution in [0.1, 0.15) is 0 Å². The zero-order valence-electron chi connectivity index (χ0n) is 33.4. The first-order chi connectivity index (χ1) is 30.2. The number of hydrogen-bond acceptors (Lipinski definition) is 3. The van der Waals surface area contributed by atoms with Gasteiger partial charge in [-0.25, -0.2) is 0 Å². The maximum atomic E-state index is 2.45. The number of fused-ring (bicyclic) bond motifs is 4. The summed E-state index contributed by atoms with van der Waals surface area (Å²) in [4.78, 5) is 4.88. The van der Waals surface area contributed by atoms with E-state index in [2.05, 4.69) is 252 Å². The minimum Gasteiger partial charge on any atom is -0.308 e. The Kier molecular flexibility index (Phi) is 9.42. The van der Waals surface area contributed by atoms with Gasteiger partial charge in [-0.2, -0.15) is 0 Å². The van der Waals surface area contributed by atoms with Crippen LogP contribution in [-0.2, 0) is 0 Å². The average molecular weight is 797 g/mol. The molecular formula is C58H40N2S. The van der Waals surface area contributed by atoms with Crippen LogP contribution < -0.4 is 9.80 Å². The van der Waals surface area contributed by atoms with Gasteiger partial charge in [0, 0.05) is 42.9 Å². The lowest BCUT2D eigenvalue weighted by Crippen LogP contribution is -2.17. The van der Waals surface area contributed by atoms with Gasteiger partial charge in [-0.1, -0.05) is 170 Å². The Hall–Kier alpha value is -7.72. The molecule has 3 heteroatoms. The summed E-state index contributed by atoms with van der Waals surface area (Å²) in [5.74, 6) is 0. The number of benzene rings is 10. The van der Waals surface area contributed by atoms with Crippen LogP contribution in [0.15, 0.2) is 243 Å². The second kappa shape index (κ2) is 15.8. The fourth-order valence-corrected chi connectivity index (χ4v) is 9.75. The van der Waals surface area contributed by atoms with Gasteiger partial charge in [-0.15, -0.1) is 11.3 Å². The van der Waals surface area contributed by atoms with E-state index in [0.29, 0.717) is 0 Å². The molecule has 0 aliphatic rings. The molecule has 2 nitrogen and oxygen atoms in total. The van der Waals surface area contributed by atoms with Gasteiger partial charge in [-0.05, 0) is 117 Å². The van der Waals surface area contributed by atoms with E-state index in [0.717, 1.165) is 39.7 Å². The quantitative estimate of drug-likeness (QED) is 0.144. The fraction of sp³-hybridized carbons (Fsp3) is 0. The third-order valence-corrected chi connectivity index (χ3v) is 12.7. The molecule has 0 saturated carbocycles. The topological polar surface area (TPSA) is 6.48 Å². The largest absolute Gasteiger partial charge is 0.308 e. The summed E-state index contributed by atoms with van der Waals surface area (Å²) in [6, 6.07) is 88.0. The Balaban J connectivity index is 1.19. The number of hydrogen-bond donors (Lipinski definition) is 0. The monoisotopic (exact) mass is 796 g/mol. The lowest BCUT2D eigenvalue weighted by Gasteiger charge is -2.33. The maximum Gasteiger partial charge on any atom is 0.0716 e. The van der Waals surface area contributed by atoms with E-state index in [9.17, 15) is 0 Å². The summed E-state index contributed by atoms with van der Waals surface area (Å²) in [7, 11) is 0. The standard InChI is InChI=1S/C58H40N2S/c1-5-16-41(17-6-1)44-28-32-50(33-29-44)59(49-25-11-4-12-26-49)56-40-58-54(53-37-47-22-13-14-23-48(47)38-57(53)61-58)39-55(56)60(51-34-30-45(31-35-51)42-18-7-2-8-19-42)52-27-15-24-46(36-52)43-20-9-3-10-21-43/h1-40H. The van der Waals surface area contributed by atoms with Crippen LogP contribution in [0.5, 0.6) is 0 Å². The number of thiophene rings is 1. The molecule has 0 spiro atoms. The summed E-state index contributed by atoms with van der Waals surface area (Å²) < 4.78 is 2.52. The smallest absolute Gasteiger partial charge is 0.0716 e. The van der Waals surface area contributed by atoms with Crippen LogP contribution in [0.25, 0.3) is 64.3 Å². The van der Waals surface area contributed by atoms with Crippen LogP contribution in [0.4, 0.5) is 34.1 Å². The van der Waals surface area contributed by atoms with Crippen LogP contribution in [-0.4, -0.2) is 0 Å². The SMILES string of the molecule is c1ccc(-c2ccc(N(c3ccccc3)c3cc4sc5cc6ccccc6cc5c4cc3N(c3ccc(-c4ccccc4)cc3)c3cccc(-c4ccccc4)c3)cc2)cc1. The van der Waals surface area contributed by atoms with Crippen molar-refractivity contribution in [1.82, 2.24) is 0 Å². The number of para-hydroxylation sites is 1. The molecule has 288 valence electrons. The summed E-state index contributed by atoms with van der Waals surface area (Å²) in [5.41, 5.74) is 13.6. The van der Waals surface area contributed by atoms with E-state index in [1.807, 2.05) is 11.3 Å². The predicted molar refractivity (Wildman–Crippen MR) is 263 cm³/mol. The van der Waals surface area contributed by atoms with Gasteiger partial charge >= 0.3 is 0 Å². The van der Waals surface area contributed by atoms with Crippen LogP contribution in [0.3, 0.4) is 0 Å². The van der Waals surface area contributed by atoms with Crippen LogP contribution in [0, 0.1) is 0 Å². The molecule has 1 aromatic heterocycles. The van der Waals surface area contributed by atoms with Gasteiger partial charge in [0.2, 0.25) is 0 Å². The third-order valence-electron chi connectivity index (χ3n) is 11.6. The van der Waals surface area contributed by atoms with Gasteiger partial charge < -0.3 is 9.80 Å². The zero-order valence-corrected chi connectivity index (χ0v) is 34.2. The van der Waals surface area contributed by atoms with Crippen LogP contribution in [0.2, 0.25) is 0 Å². The van der Waals surface area contributed by atoms with Crippen molar-refractivity contribution < 1.29 is 0 Å². The third kappa shape index (κ3) is 7.01. The van der Waals surface area contributed by atoms with Gasteiger partial charge in [-0.3, -0.25) is 0 Å². The normalized spacial score (nSPS) is 11.3. The minimum atomic E-state index is 1.07. The molecule has 0 aliphatic heterocycles. The molecule has 11 rings (SSSR count). The van der Waals surface area contributed by atoms with E-state index in [4.69, 9.17) is 0 Å². The second-order valence-corrected chi connectivity index (χ2v) is 16.5. The van der Waals surface area contributed by atoms with Gasteiger partial charge in [0.1, 0.15) is 0 Å². The Morgan fingerprint density at radius 2 is 0.623 bits per heavy atom. The summed E-state index contributed by atoms with van der Waals surface area (Å²) >= 11 is 1.86. The van der Waals surface area contributed by atoms with Gasteiger partial charge in [0.05, 0.1) is 11.4 Å². The van der Waals surface area contributed by atoms with Gasteiger partial charge in [0.15, 0.2) is 0 Å². The molecule has 0 amide bonds. The Bertz CT molecular complexity index is 3270. The summed E-state index contributed by atoms with van der Waals surface area (Å²) in [6.45, 7) is 0. The number of nitrogens with zero attached hydrogens (tertiary/aromatic N) is 2. The molecule has 0 aliphatic carbocycles. The van der Waals surface area contributed by atoms with Crippen molar-refractivity contribution in [2.75, 3.05) is 9.80 Å². The maximum absolute atomic E-state index is 2.45. The fourth-order valence-electron chi connectivity index (χ4n) is 8.60. The Morgan fingerprint density at radius 3 is 1.20 bits per heavy atom. The van der Waals surface area contributed by atoms with Crippen molar-refractivity contribution in [2.24, 2.45) is 0 Å². The lowest BCUT2D eigenvalue weighted by atomic mass is 10.0. The highest BCUT2D eigenvalue weighted by atomic mass is 32.1. The molecule has 0 N–H and O–H groups in total. The molecule has 0 fully saturated rings. The molecular weight excluding hydrogens is 757 g/mol. The van der Waals surface area contributed by atoms with E-state index in [1.165, 1.54) is 58.8 Å². The zero-order chi connectivity index (χ0) is 40.5. The lowest BCUT2D eigenvalue weighted by molar-refractivity contribution is 1.23. The second-order valence-electron chi connectivity index (χ2n) is 15.4. The molecule has 11 aromatic rings. The molecule has 0 saturated heterocycles. The average Bonchev–Trinajstić information content (AvgIpc) is 3.68. The highest BCUT2D eigenvalue weighted by molar-refractivity contribution is 7.26. The van der Waals surface area contributed by atoms with E-state index in [1.54, 1.807) is 0 Å². The summed E-state index contributed by atoms with van der Waals surface area (Å²) in [5, 5.41) is 5.00. The van der Waals surface area contributed by atoms with Gasteiger partial charge in [0.25, 0.3) is 0 Å². The first-order valence-electron chi connectivity index (χ1n) is 20.7. The number of anilines is 6. The summed E-state index contributed by atoms with van der Waals surface area (Å²) in [6.07, 6.45) is 0. The molecule has 0 atom stereocenters.